The molecular formula is C8H17NO2Se. The van der Waals surface area contributed by atoms with Gasteiger partial charge in [0.1, 0.15) is 0 Å². The predicted molar refractivity (Wildman–Crippen MR) is 50.5 cm³/mol. The molecule has 4 heteroatoms. The molecule has 0 aliphatic carbocycles. The monoisotopic (exact) mass is 239 g/mol. The molecule has 1 atom stereocenters. The molecule has 0 aromatic carbocycles. The van der Waals surface area contributed by atoms with Gasteiger partial charge in [0.25, 0.3) is 0 Å². The molecule has 0 rings (SSSR count). The van der Waals surface area contributed by atoms with Crippen molar-refractivity contribution in [3.8, 4) is 0 Å². The molecule has 72 valence electrons. The third-order valence-corrected chi connectivity index (χ3v) is 3.84. The summed E-state index contributed by atoms with van der Waals surface area (Å²) in [6.45, 7) is 2.17. The maximum absolute atomic E-state index is 10.3. The van der Waals surface area contributed by atoms with E-state index < -0.39 is 12.0 Å². The van der Waals surface area contributed by atoms with Crippen LogP contribution < -0.4 is 5.73 Å². The molecule has 0 spiro atoms. The van der Waals surface area contributed by atoms with Crippen molar-refractivity contribution in [1.29, 1.82) is 0 Å². The standard InChI is InChI=1S/C8H17NO2Se/c1-2-3-5-12-6-4-7(9)8(10)11/h7H,2-6,9H2,1H3,(H,10,11). The second-order valence-corrected chi connectivity index (χ2v) is 5.27. The molecule has 0 bridgehead atoms. The number of hydrogen-bond acceptors (Lipinski definition) is 2. The summed E-state index contributed by atoms with van der Waals surface area (Å²) >= 11 is 0.600. The summed E-state index contributed by atoms with van der Waals surface area (Å²) in [6.07, 6.45) is 3.13. The van der Waals surface area contributed by atoms with E-state index >= 15 is 0 Å². The molecule has 0 aliphatic rings. The Morgan fingerprint density at radius 2 is 2.25 bits per heavy atom. The number of carboxylic acids is 1. The Morgan fingerprint density at radius 1 is 1.58 bits per heavy atom. The van der Waals surface area contributed by atoms with Gasteiger partial charge in [0, 0.05) is 0 Å². The Morgan fingerprint density at radius 3 is 2.75 bits per heavy atom. The number of unbranched alkanes of at least 4 members (excludes halogenated alkanes) is 1. The van der Waals surface area contributed by atoms with Crippen LogP contribution >= 0.6 is 0 Å². The van der Waals surface area contributed by atoms with Crippen molar-refractivity contribution >= 4 is 20.9 Å². The van der Waals surface area contributed by atoms with E-state index in [4.69, 9.17) is 10.8 Å². The van der Waals surface area contributed by atoms with E-state index in [1.807, 2.05) is 0 Å². The molecule has 1 unspecified atom stereocenters. The molecule has 0 aromatic heterocycles. The maximum atomic E-state index is 10.3. The minimum atomic E-state index is -0.874. The first kappa shape index (κ1) is 11.9. The van der Waals surface area contributed by atoms with Gasteiger partial charge in [0.05, 0.1) is 0 Å². The van der Waals surface area contributed by atoms with Crippen LogP contribution in [0.25, 0.3) is 0 Å². The average Bonchev–Trinajstić information content (AvgIpc) is 2.03. The van der Waals surface area contributed by atoms with Gasteiger partial charge in [-0.05, 0) is 0 Å². The summed E-state index contributed by atoms with van der Waals surface area (Å²) in [7, 11) is 0. The van der Waals surface area contributed by atoms with Crippen LogP contribution in [0, 0.1) is 0 Å². The van der Waals surface area contributed by atoms with Crippen molar-refractivity contribution in [2.45, 2.75) is 42.9 Å². The van der Waals surface area contributed by atoms with E-state index in [2.05, 4.69) is 6.92 Å². The van der Waals surface area contributed by atoms with Gasteiger partial charge >= 0.3 is 79.4 Å². The quantitative estimate of drug-likeness (QED) is 0.516. The number of hydrogen-bond donors (Lipinski definition) is 2. The SMILES string of the molecule is CCCC[Se]CCC(N)C(=O)O. The molecule has 0 radical (unpaired) electrons. The van der Waals surface area contributed by atoms with Gasteiger partial charge in [-0.1, -0.05) is 0 Å². The Hall–Kier alpha value is -0.0505. The number of rotatable bonds is 7. The van der Waals surface area contributed by atoms with Crippen LogP contribution in [-0.2, 0) is 4.79 Å². The van der Waals surface area contributed by atoms with E-state index in [9.17, 15) is 4.79 Å². The fourth-order valence-corrected chi connectivity index (χ4v) is 3.03. The van der Waals surface area contributed by atoms with Crippen LogP contribution in [0.3, 0.4) is 0 Å². The Labute approximate surface area is 79.9 Å². The molecule has 0 fully saturated rings. The Bertz CT molecular complexity index is 130. The van der Waals surface area contributed by atoms with Gasteiger partial charge in [-0.25, -0.2) is 0 Å². The predicted octanol–water partition coefficient (Wildman–Crippen LogP) is 1.13. The third-order valence-electron chi connectivity index (χ3n) is 1.53. The fraction of sp³-hybridized carbons (Fsp3) is 0.875. The summed E-state index contributed by atoms with van der Waals surface area (Å²) < 4.78 is 0. The molecule has 3 nitrogen and oxygen atoms in total. The van der Waals surface area contributed by atoms with E-state index in [-0.39, 0.29) is 0 Å². The zero-order valence-electron chi connectivity index (χ0n) is 7.45. The third kappa shape index (κ3) is 6.65. The Balaban J connectivity index is 3.14. The molecule has 0 saturated carbocycles. The van der Waals surface area contributed by atoms with Crippen molar-refractivity contribution in [2.24, 2.45) is 5.73 Å². The first-order valence-electron chi connectivity index (χ1n) is 4.24. The number of carboxylic acid groups (broad SMARTS) is 1. The zero-order valence-corrected chi connectivity index (χ0v) is 9.17. The minimum absolute atomic E-state index is 0.600. The van der Waals surface area contributed by atoms with Gasteiger partial charge in [-0.15, -0.1) is 0 Å². The van der Waals surface area contributed by atoms with Crippen molar-refractivity contribution in [3.05, 3.63) is 0 Å². The summed E-state index contributed by atoms with van der Waals surface area (Å²) in [4.78, 5) is 10.3. The molecule has 0 aliphatic heterocycles. The van der Waals surface area contributed by atoms with E-state index in [0.29, 0.717) is 21.4 Å². The van der Waals surface area contributed by atoms with Gasteiger partial charge in [0.15, 0.2) is 0 Å². The molecule has 0 heterocycles. The van der Waals surface area contributed by atoms with E-state index in [1.54, 1.807) is 0 Å². The van der Waals surface area contributed by atoms with E-state index in [0.717, 1.165) is 5.32 Å². The molecule has 0 amide bonds. The molecule has 0 aromatic rings. The van der Waals surface area contributed by atoms with Crippen molar-refractivity contribution in [1.82, 2.24) is 0 Å². The molecule has 12 heavy (non-hydrogen) atoms. The van der Waals surface area contributed by atoms with Crippen LogP contribution in [0.1, 0.15) is 26.2 Å². The average molecular weight is 238 g/mol. The number of carbonyl (C=O) groups is 1. The van der Waals surface area contributed by atoms with Crippen LogP contribution in [-0.4, -0.2) is 32.1 Å². The van der Waals surface area contributed by atoms with Crippen LogP contribution in [0.5, 0.6) is 0 Å². The summed E-state index contributed by atoms with van der Waals surface area (Å²) in [5, 5.41) is 10.7. The first-order valence-corrected chi connectivity index (χ1v) is 6.67. The normalized spacial score (nSPS) is 12.8. The van der Waals surface area contributed by atoms with Crippen molar-refractivity contribution in [2.75, 3.05) is 0 Å². The molecule has 0 saturated heterocycles. The number of nitrogens with two attached hydrogens (primary N) is 1. The van der Waals surface area contributed by atoms with Gasteiger partial charge in [0.2, 0.25) is 0 Å². The van der Waals surface area contributed by atoms with Crippen LogP contribution in [0.2, 0.25) is 10.6 Å². The second-order valence-electron chi connectivity index (χ2n) is 2.70. The molecule has 3 N–H and O–H groups in total. The first-order chi connectivity index (χ1) is 5.68. The van der Waals surface area contributed by atoms with Gasteiger partial charge in [-0.3, -0.25) is 0 Å². The molecular weight excluding hydrogens is 221 g/mol. The van der Waals surface area contributed by atoms with Crippen molar-refractivity contribution in [3.63, 3.8) is 0 Å². The van der Waals surface area contributed by atoms with Crippen molar-refractivity contribution < 1.29 is 9.90 Å². The fourth-order valence-electron chi connectivity index (χ4n) is 0.682. The Kier molecular flexibility index (Phi) is 7.56. The summed E-state index contributed by atoms with van der Waals surface area (Å²) in [5.74, 6) is -0.874. The van der Waals surface area contributed by atoms with Crippen LogP contribution in [0.4, 0.5) is 0 Å². The van der Waals surface area contributed by atoms with Gasteiger partial charge < -0.3 is 0 Å². The van der Waals surface area contributed by atoms with Gasteiger partial charge in [-0.2, -0.15) is 0 Å². The second kappa shape index (κ2) is 7.59. The summed E-state index contributed by atoms with van der Waals surface area (Å²) in [6, 6.07) is -0.645. The van der Waals surface area contributed by atoms with Crippen LogP contribution in [0.15, 0.2) is 0 Å². The van der Waals surface area contributed by atoms with E-state index in [1.165, 1.54) is 18.2 Å². The number of aliphatic carboxylic acids is 1. The zero-order chi connectivity index (χ0) is 9.40. The summed E-state index contributed by atoms with van der Waals surface area (Å²) in [5.41, 5.74) is 5.34. The topological polar surface area (TPSA) is 63.3 Å².